The molecule has 2 heterocycles. The van der Waals surface area contributed by atoms with E-state index >= 15 is 0 Å². The van der Waals surface area contributed by atoms with Gasteiger partial charge < -0.3 is 15.5 Å². The second kappa shape index (κ2) is 12.8. The summed E-state index contributed by atoms with van der Waals surface area (Å²) in [5, 5.41) is 10.6. The molecule has 0 radical (unpaired) electrons. The van der Waals surface area contributed by atoms with E-state index in [0.717, 1.165) is 51.4 Å². The SMILES string of the molecule is CN=C(NCCCN(C(C)C)C(C)C)NC1CCN(c2cccs2)CC1.I. The van der Waals surface area contributed by atoms with Gasteiger partial charge in [0, 0.05) is 51.4 Å². The van der Waals surface area contributed by atoms with E-state index in [1.54, 1.807) is 0 Å². The van der Waals surface area contributed by atoms with Crippen LogP contribution >= 0.6 is 35.3 Å². The third-order valence-electron chi connectivity index (χ3n) is 5.09. The van der Waals surface area contributed by atoms with Crippen LogP contribution in [0.5, 0.6) is 0 Å². The predicted molar refractivity (Wildman–Crippen MR) is 131 cm³/mol. The van der Waals surface area contributed by atoms with E-state index in [1.165, 1.54) is 5.00 Å². The minimum Gasteiger partial charge on any atom is -0.363 e. The molecule has 156 valence electrons. The lowest BCUT2D eigenvalue weighted by Crippen LogP contribution is -2.49. The van der Waals surface area contributed by atoms with Gasteiger partial charge in [0.25, 0.3) is 0 Å². The van der Waals surface area contributed by atoms with Crippen LogP contribution in [0.15, 0.2) is 22.5 Å². The summed E-state index contributed by atoms with van der Waals surface area (Å²) in [6.45, 7) is 13.4. The maximum atomic E-state index is 4.41. The van der Waals surface area contributed by atoms with Gasteiger partial charge in [-0.25, -0.2) is 0 Å². The van der Waals surface area contributed by atoms with Gasteiger partial charge in [-0.15, -0.1) is 35.3 Å². The molecular formula is C20H38IN5S. The summed E-state index contributed by atoms with van der Waals surface area (Å²) in [6.07, 6.45) is 3.45. The molecule has 1 aliphatic rings. The predicted octanol–water partition coefficient (Wildman–Crippen LogP) is 4.01. The number of thiophene rings is 1. The fourth-order valence-electron chi connectivity index (χ4n) is 3.66. The summed E-state index contributed by atoms with van der Waals surface area (Å²) in [4.78, 5) is 9.44. The number of hydrogen-bond donors (Lipinski definition) is 2. The largest absolute Gasteiger partial charge is 0.363 e. The molecule has 2 N–H and O–H groups in total. The van der Waals surface area contributed by atoms with Crippen molar-refractivity contribution in [3.63, 3.8) is 0 Å². The minimum atomic E-state index is 0. The van der Waals surface area contributed by atoms with Gasteiger partial charge in [-0.3, -0.25) is 9.89 Å². The molecule has 7 heteroatoms. The van der Waals surface area contributed by atoms with Crippen LogP contribution < -0.4 is 15.5 Å². The van der Waals surface area contributed by atoms with E-state index in [2.05, 4.69) is 70.6 Å². The summed E-state index contributed by atoms with van der Waals surface area (Å²) < 4.78 is 0. The number of anilines is 1. The number of hydrogen-bond acceptors (Lipinski definition) is 4. The summed E-state index contributed by atoms with van der Waals surface area (Å²) in [5.74, 6) is 0.945. The molecule has 0 aromatic carbocycles. The Morgan fingerprint density at radius 3 is 2.44 bits per heavy atom. The molecule has 1 aromatic heterocycles. The number of nitrogens with one attached hydrogen (secondary N) is 2. The molecule has 0 bridgehead atoms. The Balaban J connectivity index is 0.00000364. The standard InChI is InChI=1S/C20H37N5S.HI/c1-16(2)25(17(3)4)12-7-11-22-20(21-5)23-18-9-13-24(14-10-18)19-8-6-15-26-19;/h6,8,15-18H,7,9-14H2,1-5H3,(H2,21,22,23);1H. The lowest BCUT2D eigenvalue weighted by atomic mass is 10.1. The number of rotatable bonds is 8. The fraction of sp³-hybridized carbons (Fsp3) is 0.750. The van der Waals surface area contributed by atoms with Gasteiger partial charge in [0.15, 0.2) is 5.96 Å². The molecule has 1 fully saturated rings. The quantitative estimate of drug-likeness (QED) is 0.242. The Labute approximate surface area is 187 Å². The van der Waals surface area contributed by atoms with E-state index in [9.17, 15) is 0 Å². The molecule has 0 unspecified atom stereocenters. The van der Waals surface area contributed by atoms with Gasteiger partial charge in [0.2, 0.25) is 0 Å². The molecule has 0 spiro atoms. The highest BCUT2D eigenvalue weighted by Gasteiger charge is 2.20. The number of aliphatic imine (C=N–C) groups is 1. The molecular weight excluding hydrogens is 469 g/mol. The Hall–Kier alpha value is -0.540. The molecule has 1 aliphatic heterocycles. The monoisotopic (exact) mass is 507 g/mol. The van der Waals surface area contributed by atoms with E-state index in [-0.39, 0.29) is 24.0 Å². The van der Waals surface area contributed by atoms with Crippen LogP contribution in [-0.4, -0.2) is 62.2 Å². The first-order valence-electron chi connectivity index (χ1n) is 10.0. The van der Waals surface area contributed by atoms with Crippen molar-refractivity contribution in [3.05, 3.63) is 17.5 Å². The topological polar surface area (TPSA) is 42.9 Å². The van der Waals surface area contributed by atoms with Crippen LogP contribution in [0.1, 0.15) is 47.0 Å². The molecule has 0 atom stereocenters. The Bertz CT molecular complexity index is 516. The summed E-state index contributed by atoms with van der Waals surface area (Å²) in [6, 6.07) is 6.06. The Morgan fingerprint density at radius 2 is 1.93 bits per heavy atom. The van der Waals surface area contributed by atoms with Gasteiger partial charge >= 0.3 is 0 Å². The third-order valence-corrected chi connectivity index (χ3v) is 6.02. The smallest absolute Gasteiger partial charge is 0.191 e. The van der Waals surface area contributed by atoms with Gasteiger partial charge in [0.1, 0.15) is 0 Å². The van der Waals surface area contributed by atoms with Crippen LogP contribution in [0.25, 0.3) is 0 Å². The highest BCUT2D eigenvalue weighted by atomic mass is 127. The summed E-state index contributed by atoms with van der Waals surface area (Å²) in [5.41, 5.74) is 0. The first kappa shape index (κ1) is 24.5. The molecule has 0 amide bonds. The van der Waals surface area contributed by atoms with Crippen LogP contribution in [0.4, 0.5) is 5.00 Å². The molecule has 0 aliphatic carbocycles. The zero-order valence-electron chi connectivity index (χ0n) is 17.6. The fourth-order valence-corrected chi connectivity index (χ4v) is 4.45. The highest BCUT2D eigenvalue weighted by Crippen LogP contribution is 2.24. The number of nitrogens with zero attached hydrogens (tertiary/aromatic N) is 3. The molecule has 0 saturated carbocycles. The number of piperidine rings is 1. The molecule has 1 saturated heterocycles. The minimum absolute atomic E-state index is 0. The lowest BCUT2D eigenvalue weighted by molar-refractivity contribution is 0.173. The van der Waals surface area contributed by atoms with Gasteiger partial charge in [-0.2, -0.15) is 0 Å². The molecule has 27 heavy (non-hydrogen) atoms. The normalized spacial score (nSPS) is 16.1. The van der Waals surface area contributed by atoms with Crippen LogP contribution in [0.3, 0.4) is 0 Å². The van der Waals surface area contributed by atoms with Crippen LogP contribution in [0.2, 0.25) is 0 Å². The summed E-state index contributed by atoms with van der Waals surface area (Å²) in [7, 11) is 1.87. The molecule has 2 rings (SSSR count). The zero-order valence-corrected chi connectivity index (χ0v) is 20.7. The van der Waals surface area contributed by atoms with Crippen LogP contribution in [0, 0.1) is 0 Å². The van der Waals surface area contributed by atoms with E-state index < -0.39 is 0 Å². The van der Waals surface area contributed by atoms with Gasteiger partial charge in [-0.1, -0.05) is 0 Å². The second-order valence-corrected chi connectivity index (χ2v) is 8.56. The Morgan fingerprint density at radius 1 is 1.26 bits per heavy atom. The van der Waals surface area contributed by atoms with E-state index in [4.69, 9.17) is 0 Å². The maximum Gasteiger partial charge on any atom is 0.191 e. The van der Waals surface area contributed by atoms with Crippen molar-refractivity contribution >= 4 is 46.3 Å². The van der Waals surface area contributed by atoms with Crippen molar-refractivity contribution in [1.82, 2.24) is 15.5 Å². The van der Waals surface area contributed by atoms with Gasteiger partial charge in [0.05, 0.1) is 5.00 Å². The van der Waals surface area contributed by atoms with Crippen molar-refractivity contribution in [1.29, 1.82) is 0 Å². The first-order valence-corrected chi connectivity index (χ1v) is 10.9. The average Bonchev–Trinajstić information content (AvgIpc) is 3.15. The van der Waals surface area contributed by atoms with E-state index in [1.807, 2.05) is 18.4 Å². The number of halogens is 1. The van der Waals surface area contributed by atoms with Crippen molar-refractivity contribution in [3.8, 4) is 0 Å². The molecule has 1 aromatic rings. The second-order valence-electron chi connectivity index (χ2n) is 7.63. The van der Waals surface area contributed by atoms with Crippen molar-refractivity contribution in [2.24, 2.45) is 4.99 Å². The molecule has 5 nitrogen and oxygen atoms in total. The highest BCUT2D eigenvalue weighted by molar-refractivity contribution is 14.0. The lowest BCUT2D eigenvalue weighted by Gasteiger charge is -2.33. The zero-order chi connectivity index (χ0) is 18.9. The van der Waals surface area contributed by atoms with Crippen molar-refractivity contribution in [2.75, 3.05) is 38.1 Å². The average molecular weight is 508 g/mol. The number of guanidine groups is 1. The first-order chi connectivity index (χ1) is 12.5. The van der Waals surface area contributed by atoms with Gasteiger partial charge in [-0.05, 0) is 64.5 Å². The van der Waals surface area contributed by atoms with Crippen LogP contribution in [-0.2, 0) is 0 Å². The van der Waals surface area contributed by atoms with E-state index in [0.29, 0.717) is 18.1 Å². The third kappa shape index (κ3) is 8.15. The Kier molecular flexibility index (Phi) is 11.6. The van der Waals surface area contributed by atoms with Crippen molar-refractivity contribution < 1.29 is 0 Å². The maximum absolute atomic E-state index is 4.41. The van der Waals surface area contributed by atoms with Crippen molar-refractivity contribution in [2.45, 2.75) is 65.1 Å². The summed E-state index contributed by atoms with van der Waals surface area (Å²) >= 11 is 1.83.